The van der Waals surface area contributed by atoms with Gasteiger partial charge in [-0.3, -0.25) is 9.36 Å². The number of halogens is 1. The maximum atomic E-state index is 13.6. The summed E-state index contributed by atoms with van der Waals surface area (Å²) in [5.41, 5.74) is 6.52. The Morgan fingerprint density at radius 1 is 1.00 bits per heavy atom. The summed E-state index contributed by atoms with van der Waals surface area (Å²) >= 11 is 0. The van der Waals surface area contributed by atoms with Gasteiger partial charge in [0, 0.05) is 12.1 Å². The molecule has 0 unspecified atom stereocenters. The Morgan fingerprint density at radius 3 is 2.58 bits per heavy atom. The van der Waals surface area contributed by atoms with Gasteiger partial charge in [-0.25, -0.2) is 4.39 Å². The van der Waals surface area contributed by atoms with Crippen molar-refractivity contribution in [2.24, 2.45) is 0 Å². The number of anilines is 1. The minimum Gasteiger partial charge on any atom is -0.396 e. The highest BCUT2D eigenvalue weighted by Gasteiger charge is 2.07. The van der Waals surface area contributed by atoms with Crippen LogP contribution in [-0.4, -0.2) is 4.57 Å². The summed E-state index contributed by atoms with van der Waals surface area (Å²) in [6.45, 7) is 0. The van der Waals surface area contributed by atoms with Crippen LogP contribution in [-0.2, 0) is 0 Å². The van der Waals surface area contributed by atoms with Crippen LogP contribution in [0.15, 0.2) is 59.4 Å². The highest BCUT2D eigenvalue weighted by atomic mass is 19.1. The largest absolute Gasteiger partial charge is 0.396 e. The first-order valence-electron chi connectivity index (χ1n) is 5.83. The van der Waals surface area contributed by atoms with Crippen LogP contribution in [0.5, 0.6) is 0 Å². The van der Waals surface area contributed by atoms with Crippen molar-refractivity contribution in [1.82, 2.24) is 4.57 Å². The molecule has 0 amide bonds. The fraction of sp³-hybridized carbons (Fsp3) is 0. The zero-order chi connectivity index (χ0) is 13.4. The topological polar surface area (TPSA) is 48.0 Å². The summed E-state index contributed by atoms with van der Waals surface area (Å²) in [7, 11) is 0. The molecule has 0 fully saturated rings. The molecule has 2 N–H and O–H groups in total. The van der Waals surface area contributed by atoms with Crippen LogP contribution in [0.3, 0.4) is 0 Å². The van der Waals surface area contributed by atoms with Crippen LogP contribution in [0, 0.1) is 5.82 Å². The van der Waals surface area contributed by atoms with E-state index in [2.05, 4.69) is 0 Å². The van der Waals surface area contributed by atoms with Gasteiger partial charge in [0.1, 0.15) is 5.82 Å². The molecule has 0 spiro atoms. The summed E-state index contributed by atoms with van der Waals surface area (Å²) in [5.74, 6) is -0.530. The van der Waals surface area contributed by atoms with Crippen LogP contribution < -0.4 is 11.3 Å². The lowest BCUT2D eigenvalue weighted by molar-refractivity contribution is 0.631. The van der Waals surface area contributed by atoms with Gasteiger partial charge in [-0.15, -0.1) is 0 Å². The molecule has 0 saturated heterocycles. The lowest BCUT2D eigenvalue weighted by Crippen LogP contribution is -2.17. The monoisotopic (exact) mass is 254 g/mol. The third-order valence-electron chi connectivity index (χ3n) is 3.05. The van der Waals surface area contributed by atoms with E-state index >= 15 is 0 Å². The molecule has 1 aromatic heterocycles. The quantitative estimate of drug-likeness (QED) is 0.679. The SMILES string of the molecule is Nc1ccc(-n2c(=O)ccc3ccccc32)cc1F. The van der Waals surface area contributed by atoms with Gasteiger partial charge in [0.25, 0.3) is 5.56 Å². The van der Waals surface area contributed by atoms with Gasteiger partial charge in [-0.05, 0) is 29.7 Å². The molecule has 19 heavy (non-hydrogen) atoms. The van der Waals surface area contributed by atoms with Crippen molar-refractivity contribution in [3.63, 3.8) is 0 Å². The molecule has 0 bridgehead atoms. The van der Waals surface area contributed by atoms with Crippen molar-refractivity contribution in [2.75, 3.05) is 5.73 Å². The molecule has 0 atom stereocenters. The second-order valence-electron chi connectivity index (χ2n) is 4.27. The molecule has 3 rings (SSSR count). The van der Waals surface area contributed by atoms with Crippen molar-refractivity contribution in [3.8, 4) is 5.69 Å². The molecule has 0 saturated carbocycles. The summed E-state index contributed by atoms with van der Waals surface area (Å²) in [4.78, 5) is 12.0. The van der Waals surface area contributed by atoms with E-state index in [4.69, 9.17) is 5.73 Å². The predicted molar refractivity (Wildman–Crippen MR) is 73.9 cm³/mol. The van der Waals surface area contributed by atoms with Gasteiger partial charge in [0.15, 0.2) is 0 Å². The fourth-order valence-corrected chi connectivity index (χ4v) is 2.11. The number of para-hydroxylation sites is 1. The number of fused-ring (bicyclic) bond motifs is 1. The van der Waals surface area contributed by atoms with E-state index in [1.807, 2.05) is 24.3 Å². The molecular formula is C15H11FN2O. The van der Waals surface area contributed by atoms with E-state index in [0.717, 1.165) is 10.9 Å². The zero-order valence-electron chi connectivity index (χ0n) is 10.0. The third kappa shape index (κ3) is 1.87. The Hall–Kier alpha value is -2.62. The Kier molecular flexibility index (Phi) is 2.56. The average Bonchev–Trinajstić information content (AvgIpc) is 2.42. The molecule has 94 valence electrons. The molecule has 0 aliphatic rings. The Balaban J connectivity index is 2.38. The second-order valence-corrected chi connectivity index (χ2v) is 4.27. The maximum Gasteiger partial charge on any atom is 0.255 e. The Morgan fingerprint density at radius 2 is 1.79 bits per heavy atom. The molecule has 3 nitrogen and oxygen atoms in total. The molecule has 0 radical (unpaired) electrons. The number of pyridine rings is 1. The molecule has 0 aliphatic heterocycles. The first kappa shape index (κ1) is 11.5. The minimum atomic E-state index is -0.530. The molecule has 4 heteroatoms. The first-order valence-corrected chi connectivity index (χ1v) is 5.83. The van der Waals surface area contributed by atoms with Gasteiger partial charge in [-0.2, -0.15) is 0 Å². The minimum absolute atomic E-state index is 0.0667. The number of hydrogen-bond acceptors (Lipinski definition) is 2. The van der Waals surface area contributed by atoms with Crippen LogP contribution in [0.4, 0.5) is 10.1 Å². The molecule has 3 aromatic rings. The van der Waals surface area contributed by atoms with Crippen molar-refractivity contribution >= 4 is 16.6 Å². The van der Waals surface area contributed by atoms with Gasteiger partial charge >= 0.3 is 0 Å². The second kappa shape index (κ2) is 4.24. The normalized spacial score (nSPS) is 10.8. The fourth-order valence-electron chi connectivity index (χ4n) is 2.11. The third-order valence-corrected chi connectivity index (χ3v) is 3.05. The van der Waals surface area contributed by atoms with Crippen LogP contribution in [0.25, 0.3) is 16.6 Å². The number of nitrogens with two attached hydrogens (primary N) is 1. The Labute approximate surface area is 108 Å². The van der Waals surface area contributed by atoms with Crippen LogP contribution in [0.1, 0.15) is 0 Å². The number of hydrogen-bond donors (Lipinski definition) is 1. The number of aromatic nitrogens is 1. The molecule has 0 aliphatic carbocycles. The number of benzene rings is 2. The van der Waals surface area contributed by atoms with E-state index in [1.165, 1.54) is 22.8 Å². The molecule has 1 heterocycles. The molecule has 2 aromatic carbocycles. The van der Waals surface area contributed by atoms with Gasteiger partial charge < -0.3 is 5.73 Å². The number of nitrogen functional groups attached to an aromatic ring is 1. The first-order chi connectivity index (χ1) is 9.16. The maximum absolute atomic E-state index is 13.6. The predicted octanol–water partition coefficient (Wildman–Crippen LogP) is 2.71. The van der Waals surface area contributed by atoms with Crippen molar-refractivity contribution in [2.45, 2.75) is 0 Å². The number of nitrogens with zero attached hydrogens (tertiary/aromatic N) is 1. The lowest BCUT2D eigenvalue weighted by Gasteiger charge is -2.10. The van der Waals surface area contributed by atoms with E-state index < -0.39 is 5.82 Å². The zero-order valence-corrected chi connectivity index (χ0v) is 10.0. The van der Waals surface area contributed by atoms with Gasteiger partial charge in [-0.1, -0.05) is 18.2 Å². The summed E-state index contributed by atoms with van der Waals surface area (Å²) in [6, 6.07) is 15.0. The van der Waals surface area contributed by atoms with E-state index in [1.54, 1.807) is 12.1 Å². The summed E-state index contributed by atoms with van der Waals surface area (Å²) in [5, 5.41) is 0.916. The van der Waals surface area contributed by atoms with E-state index in [9.17, 15) is 9.18 Å². The van der Waals surface area contributed by atoms with Crippen molar-refractivity contribution in [3.05, 3.63) is 70.8 Å². The molecular weight excluding hydrogens is 243 g/mol. The van der Waals surface area contributed by atoms with Gasteiger partial charge in [0.05, 0.1) is 16.9 Å². The Bertz CT molecular complexity index is 824. The average molecular weight is 254 g/mol. The van der Waals surface area contributed by atoms with E-state index in [0.29, 0.717) is 5.69 Å². The smallest absolute Gasteiger partial charge is 0.255 e. The van der Waals surface area contributed by atoms with Crippen LogP contribution >= 0.6 is 0 Å². The highest BCUT2D eigenvalue weighted by molar-refractivity contribution is 5.80. The van der Waals surface area contributed by atoms with Crippen molar-refractivity contribution in [1.29, 1.82) is 0 Å². The summed E-state index contributed by atoms with van der Waals surface area (Å²) in [6.07, 6.45) is 0. The lowest BCUT2D eigenvalue weighted by atomic mass is 10.2. The standard InChI is InChI=1S/C15H11FN2O/c16-12-9-11(6-7-13(12)17)18-14-4-2-1-3-10(14)5-8-15(18)19/h1-9H,17H2. The van der Waals surface area contributed by atoms with E-state index in [-0.39, 0.29) is 11.2 Å². The summed E-state index contributed by atoms with van der Waals surface area (Å²) < 4.78 is 15.0. The van der Waals surface area contributed by atoms with Gasteiger partial charge in [0.2, 0.25) is 0 Å². The van der Waals surface area contributed by atoms with Crippen molar-refractivity contribution < 1.29 is 4.39 Å². The van der Waals surface area contributed by atoms with Crippen LogP contribution in [0.2, 0.25) is 0 Å². The highest BCUT2D eigenvalue weighted by Crippen LogP contribution is 2.19. The number of rotatable bonds is 1.